The largest absolute Gasteiger partial charge is 0.361 e. The van der Waals surface area contributed by atoms with Gasteiger partial charge in [-0.3, -0.25) is 5.01 Å². The van der Waals surface area contributed by atoms with Crippen LogP contribution in [0.1, 0.15) is 0 Å². The molecule has 3 rings (SSSR count). The van der Waals surface area contributed by atoms with Crippen LogP contribution in [0.25, 0.3) is 0 Å². The summed E-state index contributed by atoms with van der Waals surface area (Å²) in [7, 11) is 3.99. The lowest BCUT2D eigenvalue weighted by Gasteiger charge is -2.48. The molecule has 5 nitrogen and oxygen atoms in total. The third kappa shape index (κ3) is 1.60. The van der Waals surface area contributed by atoms with Crippen molar-refractivity contribution in [2.45, 2.75) is 12.3 Å². The number of benzene rings is 1. The molecule has 2 atom stereocenters. The predicted octanol–water partition coefficient (Wildman–Crippen LogP) is 0.525. The molecule has 17 heavy (non-hydrogen) atoms. The minimum atomic E-state index is 0.0820. The van der Waals surface area contributed by atoms with E-state index in [1.165, 1.54) is 5.69 Å². The number of fused-ring (bicyclic) bond motifs is 2. The van der Waals surface area contributed by atoms with Crippen LogP contribution in [0.2, 0.25) is 0 Å². The first-order valence-corrected chi connectivity index (χ1v) is 5.96. The van der Waals surface area contributed by atoms with Gasteiger partial charge in [0.1, 0.15) is 12.3 Å². The fourth-order valence-electron chi connectivity index (χ4n) is 2.29. The number of para-hydroxylation sites is 2. The summed E-state index contributed by atoms with van der Waals surface area (Å²) in [6, 6.07) is 8.25. The number of likely N-dealkylation sites (N-methyl/N-ethyl adjacent to an activating group) is 1. The fourth-order valence-corrected chi connectivity index (χ4v) is 2.47. The fraction of sp³-hybridized carbons (Fsp3) is 0.364. The maximum atomic E-state index is 5.23. The first-order chi connectivity index (χ1) is 8.16. The Morgan fingerprint density at radius 1 is 1.18 bits per heavy atom. The monoisotopic (exact) mass is 249 g/mol. The Morgan fingerprint density at radius 3 is 2.76 bits per heavy atom. The second kappa shape index (κ2) is 3.75. The summed E-state index contributed by atoms with van der Waals surface area (Å²) in [6.07, 6.45) is 0.222. The molecule has 2 aliphatic heterocycles. The van der Waals surface area contributed by atoms with Crippen molar-refractivity contribution in [3.8, 4) is 0 Å². The molecule has 0 aliphatic carbocycles. The highest BCUT2D eigenvalue weighted by Gasteiger charge is 2.36. The minimum Gasteiger partial charge on any atom is -0.361 e. The van der Waals surface area contributed by atoms with Gasteiger partial charge in [-0.15, -0.1) is 0 Å². The molecule has 0 radical (unpaired) electrons. The first kappa shape index (κ1) is 10.6. The number of hydrogen-bond donors (Lipinski definition) is 3. The van der Waals surface area contributed by atoms with E-state index in [0.29, 0.717) is 5.11 Å². The van der Waals surface area contributed by atoms with Crippen LogP contribution in [0.3, 0.4) is 0 Å². The summed E-state index contributed by atoms with van der Waals surface area (Å²) >= 11 is 5.23. The van der Waals surface area contributed by atoms with Crippen LogP contribution in [0.15, 0.2) is 24.3 Å². The van der Waals surface area contributed by atoms with E-state index >= 15 is 0 Å². The molecule has 1 fully saturated rings. The third-order valence-corrected chi connectivity index (χ3v) is 3.63. The summed E-state index contributed by atoms with van der Waals surface area (Å²) < 4.78 is 0. The molecular weight excluding hydrogens is 234 g/mol. The highest BCUT2D eigenvalue weighted by molar-refractivity contribution is 7.80. The molecule has 0 saturated carbocycles. The van der Waals surface area contributed by atoms with E-state index in [4.69, 9.17) is 12.2 Å². The normalized spacial score (nSPS) is 26.8. The summed E-state index contributed by atoms with van der Waals surface area (Å²) in [5.74, 6) is 0. The van der Waals surface area contributed by atoms with E-state index < -0.39 is 0 Å². The Kier molecular flexibility index (Phi) is 2.34. The second-order valence-corrected chi connectivity index (χ2v) is 4.72. The van der Waals surface area contributed by atoms with E-state index in [9.17, 15) is 0 Å². The van der Waals surface area contributed by atoms with Gasteiger partial charge in [-0.25, -0.2) is 5.43 Å². The first-order valence-electron chi connectivity index (χ1n) is 5.55. The quantitative estimate of drug-likeness (QED) is 0.583. The molecule has 0 amide bonds. The zero-order valence-corrected chi connectivity index (χ0v) is 10.6. The van der Waals surface area contributed by atoms with Crippen LogP contribution in [0.5, 0.6) is 0 Å². The van der Waals surface area contributed by atoms with Gasteiger partial charge in [0.15, 0.2) is 5.11 Å². The smallest absolute Gasteiger partial charge is 0.184 e. The Balaban J connectivity index is 1.96. The zero-order chi connectivity index (χ0) is 12.0. The highest BCUT2D eigenvalue weighted by atomic mass is 32.1. The van der Waals surface area contributed by atoms with Crippen LogP contribution >= 0.6 is 12.2 Å². The van der Waals surface area contributed by atoms with E-state index in [0.717, 1.165) is 5.69 Å². The van der Waals surface area contributed by atoms with E-state index in [1.54, 1.807) is 0 Å². The van der Waals surface area contributed by atoms with Crippen molar-refractivity contribution >= 4 is 28.7 Å². The van der Waals surface area contributed by atoms with Gasteiger partial charge in [0.25, 0.3) is 0 Å². The lowest BCUT2D eigenvalue weighted by atomic mass is 10.1. The van der Waals surface area contributed by atoms with E-state index in [1.807, 2.05) is 24.2 Å². The number of nitrogens with one attached hydrogen (secondary N) is 3. The van der Waals surface area contributed by atoms with Crippen molar-refractivity contribution in [1.82, 2.24) is 15.8 Å². The van der Waals surface area contributed by atoms with Crippen LogP contribution < -0.4 is 21.0 Å². The summed E-state index contributed by atoms with van der Waals surface area (Å²) in [6.45, 7) is 0. The third-order valence-electron chi connectivity index (χ3n) is 3.24. The van der Waals surface area contributed by atoms with Gasteiger partial charge in [0.2, 0.25) is 0 Å². The van der Waals surface area contributed by atoms with Crippen LogP contribution in [-0.4, -0.2) is 36.5 Å². The van der Waals surface area contributed by atoms with Gasteiger partial charge in [-0.05, 0) is 24.4 Å². The number of thiocarbonyl (C=S) groups is 1. The molecule has 2 heterocycles. The number of hydrazine groups is 1. The maximum Gasteiger partial charge on any atom is 0.184 e. The van der Waals surface area contributed by atoms with Crippen LogP contribution in [0.4, 0.5) is 11.4 Å². The van der Waals surface area contributed by atoms with Gasteiger partial charge in [0, 0.05) is 14.1 Å². The molecule has 1 saturated heterocycles. The summed E-state index contributed by atoms with van der Waals surface area (Å²) in [5.41, 5.74) is 5.66. The van der Waals surface area contributed by atoms with E-state index in [2.05, 4.69) is 40.1 Å². The van der Waals surface area contributed by atoms with E-state index in [-0.39, 0.29) is 12.3 Å². The Morgan fingerprint density at radius 2 is 1.94 bits per heavy atom. The van der Waals surface area contributed by atoms with Crippen molar-refractivity contribution < 1.29 is 0 Å². The Labute approximate surface area is 106 Å². The average Bonchev–Trinajstić information content (AvgIpc) is 2.32. The molecule has 0 bridgehead atoms. The van der Waals surface area contributed by atoms with Gasteiger partial charge >= 0.3 is 0 Å². The number of hydrogen-bond acceptors (Lipinski definition) is 4. The summed E-state index contributed by atoms with van der Waals surface area (Å²) in [5, 5.41) is 9.27. The van der Waals surface area contributed by atoms with Crippen LogP contribution in [-0.2, 0) is 0 Å². The van der Waals surface area contributed by atoms with Crippen molar-refractivity contribution in [1.29, 1.82) is 0 Å². The standard InChI is InChI=1S/C11H15N5S/c1-15-8-6-4-3-5-7(8)12-9-10(15)14-16(2)11(17)13-9/h3-6,9-10,12,14H,1-2H3,(H,13,17)/t9-,10-/m1/s1. The van der Waals surface area contributed by atoms with Crippen molar-refractivity contribution in [3.05, 3.63) is 24.3 Å². The SMILES string of the molecule is CN1N[C@H]2[C@@H](NC1=S)Nc1ccccc1N2C. The average molecular weight is 249 g/mol. The number of anilines is 2. The topological polar surface area (TPSA) is 42.6 Å². The van der Waals surface area contributed by atoms with Crippen molar-refractivity contribution in [2.75, 3.05) is 24.3 Å². The van der Waals surface area contributed by atoms with Gasteiger partial charge < -0.3 is 15.5 Å². The molecular formula is C11H15N5S. The van der Waals surface area contributed by atoms with Crippen LogP contribution in [0, 0.1) is 0 Å². The lowest BCUT2D eigenvalue weighted by molar-refractivity contribution is 0.230. The Bertz CT molecular complexity index is 463. The molecule has 0 spiro atoms. The Hall–Kier alpha value is -1.53. The predicted molar refractivity (Wildman–Crippen MR) is 72.7 cm³/mol. The van der Waals surface area contributed by atoms with Gasteiger partial charge in [0.05, 0.1) is 11.4 Å². The molecule has 90 valence electrons. The van der Waals surface area contributed by atoms with Crippen molar-refractivity contribution in [3.63, 3.8) is 0 Å². The number of rotatable bonds is 0. The van der Waals surface area contributed by atoms with Crippen molar-refractivity contribution in [2.24, 2.45) is 0 Å². The summed E-state index contributed by atoms with van der Waals surface area (Å²) in [4.78, 5) is 2.21. The molecule has 3 N–H and O–H groups in total. The molecule has 1 aromatic carbocycles. The molecule has 0 unspecified atom stereocenters. The molecule has 1 aromatic rings. The zero-order valence-electron chi connectivity index (χ0n) is 9.77. The second-order valence-electron chi connectivity index (χ2n) is 4.33. The molecule has 6 heteroatoms. The molecule has 0 aromatic heterocycles. The van der Waals surface area contributed by atoms with Gasteiger partial charge in [-0.2, -0.15) is 0 Å². The molecule has 2 aliphatic rings. The maximum absolute atomic E-state index is 5.23. The minimum absolute atomic E-state index is 0.0820. The van der Waals surface area contributed by atoms with Gasteiger partial charge in [-0.1, -0.05) is 12.1 Å². The number of nitrogens with zero attached hydrogens (tertiary/aromatic N) is 2. The lowest BCUT2D eigenvalue weighted by Crippen LogP contribution is -2.72. The highest BCUT2D eigenvalue weighted by Crippen LogP contribution is 2.31.